The number of ether oxygens (including phenoxy) is 2. The van der Waals surface area contributed by atoms with Gasteiger partial charge in [-0.15, -0.1) is 0 Å². The monoisotopic (exact) mass is 777 g/mol. The Morgan fingerprint density at radius 1 is 1.14 bits per heavy atom. The van der Waals surface area contributed by atoms with Crippen LogP contribution in [0.4, 0.5) is 0 Å². The Morgan fingerprint density at radius 3 is 2.64 bits per heavy atom. The van der Waals surface area contributed by atoms with Crippen molar-refractivity contribution in [2.24, 2.45) is 23.2 Å². The van der Waals surface area contributed by atoms with Gasteiger partial charge in [-0.05, 0) is 139 Å². The van der Waals surface area contributed by atoms with Gasteiger partial charge in [-0.2, -0.15) is 0 Å². The van der Waals surface area contributed by atoms with Crippen LogP contribution in [0, 0.1) is 23.2 Å². The van der Waals surface area contributed by atoms with E-state index in [1.54, 1.807) is 7.11 Å². The van der Waals surface area contributed by atoms with Crippen LogP contribution in [0.2, 0.25) is 0 Å². The number of rotatable bonds is 18. The van der Waals surface area contributed by atoms with Crippen molar-refractivity contribution in [3.63, 3.8) is 0 Å². The summed E-state index contributed by atoms with van der Waals surface area (Å²) in [6, 6.07) is 8.91. The van der Waals surface area contributed by atoms with E-state index in [-0.39, 0.29) is 49.7 Å². The zero-order chi connectivity index (χ0) is 40.8. The summed E-state index contributed by atoms with van der Waals surface area (Å²) in [6.07, 6.45) is 15.8. The smallest absolute Gasteiger partial charge is 0.145 e. The van der Waals surface area contributed by atoms with Gasteiger partial charge in [-0.3, -0.25) is 4.79 Å². The van der Waals surface area contributed by atoms with Gasteiger partial charge < -0.3 is 40.5 Å². The predicted molar refractivity (Wildman–Crippen MR) is 225 cm³/mol. The Labute approximate surface area is 337 Å². The fraction of sp³-hybridized carbons (Fsp3) is 0.638. The van der Waals surface area contributed by atoms with Crippen LogP contribution in [0.5, 0.6) is 0 Å². The van der Waals surface area contributed by atoms with Crippen molar-refractivity contribution in [3.05, 3.63) is 94.1 Å². The maximum Gasteiger partial charge on any atom is 0.145 e. The minimum absolute atomic E-state index is 0.00367. The largest absolute Gasteiger partial charge is 0.396 e. The highest BCUT2D eigenvalue weighted by molar-refractivity contribution is 5.74. The molecule has 312 valence electrons. The number of carbonyl (C=O) groups excluding carboxylic acids is 1. The molecule has 0 aromatic heterocycles. The van der Waals surface area contributed by atoms with Gasteiger partial charge in [-0.25, -0.2) is 0 Å². The summed E-state index contributed by atoms with van der Waals surface area (Å²) in [7, 11) is 3.62. The molecule has 2 saturated carbocycles. The van der Waals surface area contributed by atoms with Crippen molar-refractivity contribution in [2.75, 3.05) is 60.3 Å². The third-order valence-corrected chi connectivity index (χ3v) is 13.2. The van der Waals surface area contributed by atoms with Gasteiger partial charge in [0.25, 0.3) is 0 Å². The standard InChI is InChI=1S/C47H72N2O7/c1-34-15-16-39(29-37-11-8-12-38(28-37)30-45(4,49-31-34)22-26-55-6)35(2)10-7-13-40(33-56-27-25-51)42-18-20-47(44(42)53)43(14-9-24-50)41(36(3)32-52)17-19-46(47,54)21-23-48-5/h7-8,10-13,15,28,32,39,42-44,48-51,53-54H,2,9,14,16-27,29-31,33H2,1,3-6H3/b10-7+,34-15+,40-13-,41-36-/t39-,42+,43+,44-,45+,46+,47-/m1/s1. The summed E-state index contributed by atoms with van der Waals surface area (Å²) in [6.45, 7) is 13.2. The minimum Gasteiger partial charge on any atom is -0.396 e. The Bertz CT molecular complexity index is 1570. The number of aldehydes is 1. The number of fused-ring (bicyclic) bond motifs is 2. The van der Waals surface area contributed by atoms with Crippen LogP contribution in [0.3, 0.4) is 0 Å². The van der Waals surface area contributed by atoms with Crippen LogP contribution in [0.1, 0.15) is 89.7 Å². The molecule has 9 heteroatoms. The fourth-order valence-corrected chi connectivity index (χ4v) is 9.95. The molecular weight excluding hydrogens is 705 g/mol. The number of hydrogen-bond donors (Lipinski definition) is 6. The predicted octanol–water partition coefficient (Wildman–Crippen LogP) is 5.97. The SMILES string of the molecule is C=C(/C=C/C=C(/COCCO)[C@@H]1CC[C@]2([C@@H]1O)[C@@H](CCCO)/C(=C(/C)C=O)CC[C@]2(O)CCNC)[C@@H]1C/C=C(\C)CN[C@@](C)(CCOC)Cc2cccc(c2)C1. The lowest BCUT2D eigenvalue weighted by molar-refractivity contribution is -0.180. The Morgan fingerprint density at radius 2 is 1.93 bits per heavy atom. The van der Waals surface area contributed by atoms with E-state index >= 15 is 0 Å². The molecule has 0 unspecified atom stereocenters. The normalized spacial score (nSPS) is 32.2. The first kappa shape index (κ1) is 46.0. The first-order chi connectivity index (χ1) is 26.9. The first-order valence-corrected chi connectivity index (χ1v) is 20.9. The lowest BCUT2D eigenvalue weighted by atomic mass is 9.51. The molecule has 2 bridgehead atoms. The molecule has 7 atom stereocenters. The van der Waals surface area contributed by atoms with Gasteiger partial charge >= 0.3 is 0 Å². The van der Waals surface area contributed by atoms with Crippen LogP contribution in [-0.2, 0) is 27.1 Å². The number of nitrogens with one attached hydrogen (secondary N) is 2. The molecule has 9 nitrogen and oxygen atoms in total. The minimum atomic E-state index is -1.17. The highest BCUT2D eigenvalue weighted by atomic mass is 16.5. The van der Waals surface area contributed by atoms with Crippen LogP contribution in [0.25, 0.3) is 0 Å². The van der Waals surface area contributed by atoms with E-state index in [1.165, 1.54) is 16.7 Å². The molecule has 1 spiro atoms. The van der Waals surface area contributed by atoms with Gasteiger partial charge in [0, 0.05) is 43.7 Å². The number of methoxy groups -OCH3 is 1. The number of aliphatic hydroxyl groups is 4. The van der Waals surface area contributed by atoms with E-state index in [1.807, 2.05) is 26.1 Å². The van der Waals surface area contributed by atoms with Crippen molar-refractivity contribution in [2.45, 2.75) is 109 Å². The Hall–Kier alpha value is -2.73. The lowest BCUT2D eigenvalue weighted by Gasteiger charge is -2.57. The van der Waals surface area contributed by atoms with Crippen LogP contribution < -0.4 is 10.6 Å². The summed E-state index contributed by atoms with van der Waals surface area (Å²) in [5.74, 6) is -0.380. The molecule has 2 fully saturated rings. The molecule has 0 saturated heterocycles. The van der Waals surface area contributed by atoms with Crippen LogP contribution >= 0.6 is 0 Å². The topological polar surface area (TPSA) is 141 Å². The molecule has 6 N–H and O–H groups in total. The number of allylic oxidation sites excluding steroid dienone is 7. The van der Waals surface area contributed by atoms with E-state index in [2.05, 4.69) is 67.5 Å². The molecule has 0 radical (unpaired) electrons. The summed E-state index contributed by atoms with van der Waals surface area (Å²) in [5.41, 5.74) is 5.27. The Kier molecular flexibility index (Phi) is 17.9. The van der Waals surface area contributed by atoms with Gasteiger partial charge in [0.2, 0.25) is 0 Å². The van der Waals surface area contributed by atoms with E-state index in [9.17, 15) is 25.2 Å². The second-order valence-electron chi connectivity index (χ2n) is 17.1. The van der Waals surface area contributed by atoms with Gasteiger partial charge in [-0.1, -0.05) is 71.9 Å². The van der Waals surface area contributed by atoms with E-state index in [0.29, 0.717) is 63.7 Å². The highest BCUT2D eigenvalue weighted by Crippen LogP contribution is 2.64. The average Bonchev–Trinajstić information content (AvgIpc) is 3.53. The lowest BCUT2D eigenvalue weighted by Crippen LogP contribution is -2.61. The molecule has 3 aliphatic rings. The van der Waals surface area contributed by atoms with Gasteiger partial charge in [0.15, 0.2) is 0 Å². The molecule has 56 heavy (non-hydrogen) atoms. The summed E-state index contributed by atoms with van der Waals surface area (Å²) < 4.78 is 11.4. The average molecular weight is 777 g/mol. The molecular formula is C47H72N2O7. The second kappa shape index (κ2) is 21.9. The summed E-state index contributed by atoms with van der Waals surface area (Å²) >= 11 is 0. The molecule has 1 heterocycles. The maximum atomic E-state index is 12.6. The molecule has 1 aliphatic heterocycles. The molecule has 0 amide bonds. The van der Waals surface area contributed by atoms with Gasteiger partial charge in [0.1, 0.15) is 6.29 Å². The zero-order valence-electron chi connectivity index (χ0n) is 35.0. The number of benzene rings is 1. The van der Waals surface area contributed by atoms with Crippen molar-refractivity contribution < 1.29 is 34.7 Å². The highest BCUT2D eigenvalue weighted by Gasteiger charge is 2.65. The third kappa shape index (κ3) is 11.3. The third-order valence-electron chi connectivity index (χ3n) is 13.2. The second-order valence-corrected chi connectivity index (χ2v) is 17.1. The van der Waals surface area contributed by atoms with Crippen LogP contribution in [0.15, 0.2) is 83.0 Å². The van der Waals surface area contributed by atoms with Gasteiger partial charge in [0.05, 0.1) is 31.5 Å². The number of hydrogen-bond acceptors (Lipinski definition) is 9. The van der Waals surface area contributed by atoms with Crippen molar-refractivity contribution in [3.8, 4) is 0 Å². The molecule has 2 aliphatic carbocycles. The quantitative estimate of drug-likeness (QED) is 0.0350. The Balaban J connectivity index is 1.66. The summed E-state index contributed by atoms with van der Waals surface area (Å²) in [4.78, 5) is 12.1. The summed E-state index contributed by atoms with van der Waals surface area (Å²) in [5, 5.41) is 51.8. The molecule has 4 rings (SSSR count). The fourth-order valence-electron chi connectivity index (χ4n) is 9.95. The van der Waals surface area contributed by atoms with Crippen LogP contribution in [-0.4, -0.2) is 104 Å². The van der Waals surface area contributed by atoms with Crippen molar-refractivity contribution in [1.29, 1.82) is 0 Å². The number of aliphatic hydroxyl groups excluding tert-OH is 3. The van der Waals surface area contributed by atoms with Crippen molar-refractivity contribution in [1.82, 2.24) is 10.6 Å². The first-order valence-electron chi connectivity index (χ1n) is 20.9. The van der Waals surface area contributed by atoms with E-state index in [0.717, 1.165) is 55.2 Å². The number of carbonyl (C=O) groups is 1. The van der Waals surface area contributed by atoms with Crippen molar-refractivity contribution >= 4 is 6.29 Å². The van der Waals surface area contributed by atoms with E-state index < -0.39 is 17.1 Å². The maximum absolute atomic E-state index is 12.6. The molecule has 1 aromatic rings. The zero-order valence-corrected chi connectivity index (χ0v) is 35.0. The molecule has 1 aromatic carbocycles. The van der Waals surface area contributed by atoms with E-state index in [4.69, 9.17) is 9.47 Å².